The average molecular weight is 258 g/mol. The van der Waals surface area contributed by atoms with E-state index in [9.17, 15) is 9.90 Å². The van der Waals surface area contributed by atoms with Crippen LogP contribution in [0, 0.1) is 0 Å². The molecule has 0 aromatic carbocycles. The predicted octanol–water partition coefficient (Wildman–Crippen LogP) is 1.31. The Morgan fingerprint density at radius 2 is 2.11 bits per heavy atom. The minimum absolute atomic E-state index is 0.133. The quantitative estimate of drug-likeness (QED) is 0.811. The monoisotopic (exact) mass is 258 g/mol. The van der Waals surface area contributed by atoms with Crippen molar-refractivity contribution in [2.24, 2.45) is 0 Å². The normalized spacial score (nSPS) is 25.9. The van der Waals surface area contributed by atoms with E-state index in [4.69, 9.17) is 4.74 Å². The smallest absolute Gasteiger partial charge is 0.410 e. The van der Waals surface area contributed by atoms with Gasteiger partial charge in [-0.05, 0) is 40.7 Å². The molecular weight excluding hydrogens is 232 g/mol. The second-order valence-electron chi connectivity index (χ2n) is 6.09. The zero-order chi connectivity index (χ0) is 13.9. The first-order chi connectivity index (χ1) is 8.24. The van der Waals surface area contributed by atoms with E-state index in [2.05, 4.69) is 4.90 Å². The van der Waals surface area contributed by atoms with Gasteiger partial charge in [0.05, 0.1) is 6.61 Å². The fourth-order valence-electron chi connectivity index (χ4n) is 2.20. The molecule has 106 valence electrons. The van der Waals surface area contributed by atoms with Gasteiger partial charge in [0.25, 0.3) is 0 Å². The number of likely N-dealkylation sites (N-methyl/N-ethyl adjacent to an activating group) is 1. The van der Waals surface area contributed by atoms with Gasteiger partial charge >= 0.3 is 6.09 Å². The molecule has 1 aliphatic rings. The largest absolute Gasteiger partial charge is 0.444 e. The summed E-state index contributed by atoms with van der Waals surface area (Å²) in [4.78, 5) is 15.8. The van der Waals surface area contributed by atoms with Crippen LogP contribution < -0.4 is 0 Å². The van der Waals surface area contributed by atoms with Gasteiger partial charge in [0, 0.05) is 25.7 Å². The second kappa shape index (κ2) is 5.89. The highest BCUT2D eigenvalue weighted by Crippen LogP contribution is 2.21. The summed E-state index contributed by atoms with van der Waals surface area (Å²) in [6, 6.07) is 0.279. The minimum atomic E-state index is -0.465. The molecule has 2 atom stereocenters. The van der Waals surface area contributed by atoms with E-state index in [0.29, 0.717) is 0 Å². The summed E-state index contributed by atoms with van der Waals surface area (Å²) in [5, 5.41) is 9.31. The molecule has 1 heterocycles. The van der Waals surface area contributed by atoms with E-state index < -0.39 is 5.60 Å². The van der Waals surface area contributed by atoms with Crippen molar-refractivity contribution in [3.8, 4) is 0 Å². The molecule has 5 heteroatoms. The molecule has 1 rings (SSSR count). The lowest BCUT2D eigenvalue weighted by Gasteiger charge is -2.40. The molecule has 0 aromatic heterocycles. The van der Waals surface area contributed by atoms with E-state index in [1.807, 2.05) is 27.8 Å². The minimum Gasteiger partial charge on any atom is -0.444 e. The van der Waals surface area contributed by atoms with E-state index in [1.54, 1.807) is 11.9 Å². The van der Waals surface area contributed by atoms with Crippen molar-refractivity contribution in [1.29, 1.82) is 0 Å². The number of amides is 1. The molecule has 0 aromatic rings. The lowest BCUT2D eigenvalue weighted by Crippen LogP contribution is -2.51. The summed E-state index contributed by atoms with van der Waals surface area (Å²) in [6.45, 7) is 6.62. The van der Waals surface area contributed by atoms with Crippen LogP contribution in [0.4, 0.5) is 4.79 Å². The first-order valence-corrected chi connectivity index (χ1v) is 6.51. The molecule has 0 spiro atoms. The number of aliphatic hydroxyl groups excluding tert-OH is 1. The van der Waals surface area contributed by atoms with Crippen molar-refractivity contribution in [1.82, 2.24) is 9.80 Å². The maximum Gasteiger partial charge on any atom is 0.410 e. The number of piperidine rings is 1. The van der Waals surface area contributed by atoms with Crippen molar-refractivity contribution < 1.29 is 14.6 Å². The Bertz CT molecular complexity index is 288. The molecule has 5 nitrogen and oxygen atoms in total. The van der Waals surface area contributed by atoms with Crippen molar-refractivity contribution in [2.45, 2.75) is 51.3 Å². The van der Waals surface area contributed by atoms with E-state index >= 15 is 0 Å². The number of ether oxygens (including phenoxy) is 1. The summed E-state index contributed by atoms with van der Waals surface area (Å²) in [5.41, 5.74) is -0.465. The van der Waals surface area contributed by atoms with Gasteiger partial charge in [0.2, 0.25) is 0 Å². The molecule has 0 radical (unpaired) electrons. The maximum atomic E-state index is 12.0. The van der Waals surface area contributed by atoms with Crippen LogP contribution in [0.1, 0.15) is 33.6 Å². The summed E-state index contributed by atoms with van der Waals surface area (Å²) < 4.78 is 5.36. The van der Waals surface area contributed by atoms with Gasteiger partial charge in [-0.15, -0.1) is 0 Å². The molecule has 0 aliphatic carbocycles. The third-order valence-electron chi connectivity index (χ3n) is 3.42. The maximum absolute atomic E-state index is 12.0. The highest BCUT2D eigenvalue weighted by Gasteiger charge is 2.31. The van der Waals surface area contributed by atoms with E-state index in [1.165, 1.54) is 0 Å². The molecule has 0 saturated carbocycles. The number of rotatable bonds is 2. The van der Waals surface area contributed by atoms with E-state index in [0.717, 1.165) is 19.4 Å². The number of carbonyl (C=O) groups is 1. The van der Waals surface area contributed by atoms with Crippen molar-refractivity contribution in [3.05, 3.63) is 0 Å². The molecule has 1 amide bonds. The van der Waals surface area contributed by atoms with Crippen LogP contribution in [0.3, 0.4) is 0 Å². The summed E-state index contributed by atoms with van der Waals surface area (Å²) in [7, 11) is 3.78. The van der Waals surface area contributed by atoms with E-state index in [-0.39, 0.29) is 24.8 Å². The summed E-state index contributed by atoms with van der Waals surface area (Å²) in [5.74, 6) is 0. The lowest BCUT2D eigenvalue weighted by atomic mass is 9.97. The van der Waals surface area contributed by atoms with Crippen LogP contribution in [0.25, 0.3) is 0 Å². The summed E-state index contributed by atoms with van der Waals surface area (Å²) >= 11 is 0. The Labute approximate surface area is 110 Å². The number of aliphatic hydroxyl groups is 1. The number of hydrogen-bond donors (Lipinski definition) is 1. The number of likely N-dealkylation sites (tertiary alicyclic amines) is 1. The number of carbonyl (C=O) groups excluding carboxylic acids is 1. The Morgan fingerprint density at radius 3 is 2.61 bits per heavy atom. The van der Waals surface area contributed by atoms with Crippen LogP contribution in [0.5, 0.6) is 0 Å². The van der Waals surface area contributed by atoms with Crippen LogP contribution in [0.15, 0.2) is 0 Å². The van der Waals surface area contributed by atoms with Gasteiger partial charge in [0.15, 0.2) is 0 Å². The van der Waals surface area contributed by atoms with Crippen LogP contribution in [0.2, 0.25) is 0 Å². The topological polar surface area (TPSA) is 53.0 Å². The molecule has 1 saturated heterocycles. The Morgan fingerprint density at radius 1 is 1.50 bits per heavy atom. The standard InChI is InChI=1S/C13H26N2O3/c1-13(2,3)18-12(17)15(5)10-6-7-14(4)11(8-10)9-16/h10-11,16H,6-9H2,1-5H3. The first-order valence-electron chi connectivity index (χ1n) is 6.51. The Hall–Kier alpha value is -0.810. The van der Waals surface area contributed by atoms with Crippen LogP contribution in [-0.2, 0) is 4.74 Å². The molecule has 1 N–H and O–H groups in total. The lowest BCUT2D eigenvalue weighted by molar-refractivity contribution is 0.00685. The highest BCUT2D eigenvalue weighted by atomic mass is 16.6. The van der Waals surface area contributed by atoms with Gasteiger partial charge < -0.3 is 19.6 Å². The van der Waals surface area contributed by atoms with Crippen molar-refractivity contribution in [3.63, 3.8) is 0 Å². The van der Waals surface area contributed by atoms with Crippen molar-refractivity contribution >= 4 is 6.09 Å². The Balaban J connectivity index is 2.56. The van der Waals surface area contributed by atoms with Crippen LogP contribution >= 0.6 is 0 Å². The fourth-order valence-corrected chi connectivity index (χ4v) is 2.20. The van der Waals surface area contributed by atoms with Crippen molar-refractivity contribution in [2.75, 3.05) is 27.2 Å². The average Bonchev–Trinajstić information content (AvgIpc) is 2.26. The number of nitrogens with zero attached hydrogens (tertiary/aromatic N) is 2. The highest BCUT2D eigenvalue weighted by molar-refractivity contribution is 5.68. The number of hydrogen-bond acceptors (Lipinski definition) is 4. The molecule has 1 fully saturated rings. The zero-order valence-electron chi connectivity index (χ0n) is 12.1. The predicted molar refractivity (Wildman–Crippen MR) is 70.5 cm³/mol. The molecule has 1 aliphatic heterocycles. The molecule has 18 heavy (non-hydrogen) atoms. The zero-order valence-corrected chi connectivity index (χ0v) is 12.1. The third kappa shape index (κ3) is 4.14. The van der Waals surface area contributed by atoms with Gasteiger partial charge in [0.1, 0.15) is 5.60 Å². The van der Waals surface area contributed by atoms with Crippen LogP contribution in [-0.4, -0.2) is 65.9 Å². The van der Waals surface area contributed by atoms with Gasteiger partial charge in [-0.3, -0.25) is 0 Å². The summed E-state index contributed by atoms with van der Waals surface area (Å²) in [6.07, 6.45) is 1.43. The Kier molecular flexibility index (Phi) is 4.99. The molecule has 0 bridgehead atoms. The van der Waals surface area contributed by atoms with Gasteiger partial charge in [-0.1, -0.05) is 0 Å². The molecular formula is C13H26N2O3. The third-order valence-corrected chi connectivity index (χ3v) is 3.42. The SMILES string of the molecule is CN1CCC(N(C)C(=O)OC(C)(C)C)CC1CO. The second-order valence-corrected chi connectivity index (χ2v) is 6.09. The van der Waals surface area contributed by atoms with Gasteiger partial charge in [-0.2, -0.15) is 0 Å². The fraction of sp³-hybridized carbons (Fsp3) is 0.923. The van der Waals surface area contributed by atoms with Gasteiger partial charge in [-0.25, -0.2) is 4.79 Å². The first kappa shape index (κ1) is 15.2. The molecule has 2 unspecified atom stereocenters.